The molecule has 9 heteroatoms. The van der Waals surface area contributed by atoms with E-state index in [1.807, 2.05) is 37.3 Å². The normalized spacial score (nSPS) is 19.7. The number of aromatic nitrogens is 3. The van der Waals surface area contributed by atoms with Crippen LogP contribution in [0.15, 0.2) is 40.9 Å². The van der Waals surface area contributed by atoms with E-state index in [-0.39, 0.29) is 29.0 Å². The molecule has 0 bridgehead atoms. The first-order valence-corrected chi connectivity index (χ1v) is 15.1. The molecule has 0 radical (unpaired) electrons. The summed E-state index contributed by atoms with van der Waals surface area (Å²) in [4.78, 5) is 17.9. The number of nitrogens with one attached hydrogen (secondary N) is 1. The van der Waals surface area contributed by atoms with Crippen molar-refractivity contribution in [3.63, 3.8) is 0 Å². The van der Waals surface area contributed by atoms with Crippen molar-refractivity contribution in [3.05, 3.63) is 53.3 Å². The SMILES string of the molecule is CC(O[Si](C)(C)C(C)(C)C)c1nnc(C2CC(NC(=O)c3ncc(-c4ccccc4)s3)C2)o1. The van der Waals surface area contributed by atoms with Crippen LogP contribution in [-0.4, -0.2) is 35.4 Å². The van der Waals surface area contributed by atoms with Gasteiger partial charge in [-0.15, -0.1) is 21.5 Å². The Kier molecular flexibility index (Phi) is 6.57. The minimum atomic E-state index is -1.92. The molecule has 1 aliphatic carbocycles. The molecule has 1 aliphatic rings. The van der Waals surface area contributed by atoms with Crippen molar-refractivity contribution in [1.29, 1.82) is 0 Å². The maximum Gasteiger partial charge on any atom is 0.280 e. The Labute approximate surface area is 200 Å². The highest BCUT2D eigenvalue weighted by Gasteiger charge is 2.40. The standard InChI is InChI=1S/C24H32N4O3SSi/c1-15(31-33(5,6)24(2,3)4)21-27-28-22(30-21)17-12-18(13-17)26-20(29)23-25-14-19(32-23)16-10-8-7-9-11-16/h7-11,14-15,17-18H,12-13H2,1-6H3,(H,26,29). The summed E-state index contributed by atoms with van der Waals surface area (Å²) in [5.74, 6) is 1.18. The lowest BCUT2D eigenvalue weighted by Crippen LogP contribution is -2.43. The molecule has 3 aromatic rings. The van der Waals surface area contributed by atoms with Crippen molar-refractivity contribution >= 4 is 25.6 Å². The number of hydrogen-bond donors (Lipinski definition) is 1. The van der Waals surface area contributed by atoms with Crippen LogP contribution in [0.25, 0.3) is 10.4 Å². The summed E-state index contributed by atoms with van der Waals surface area (Å²) in [7, 11) is -1.92. The lowest BCUT2D eigenvalue weighted by atomic mass is 9.80. The molecule has 1 amide bonds. The fourth-order valence-electron chi connectivity index (χ4n) is 3.54. The zero-order valence-electron chi connectivity index (χ0n) is 20.1. The van der Waals surface area contributed by atoms with E-state index in [1.54, 1.807) is 6.20 Å². The van der Waals surface area contributed by atoms with Gasteiger partial charge in [0, 0.05) is 18.2 Å². The highest BCUT2D eigenvalue weighted by molar-refractivity contribution is 7.17. The van der Waals surface area contributed by atoms with Crippen LogP contribution in [0, 0.1) is 0 Å². The van der Waals surface area contributed by atoms with E-state index in [0.29, 0.717) is 16.8 Å². The second-order valence-electron chi connectivity index (χ2n) is 10.2. The van der Waals surface area contributed by atoms with Crippen LogP contribution in [0.3, 0.4) is 0 Å². The van der Waals surface area contributed by atoms with Crippen LogP contribution in [0.4, 0.5) is 0 Å². The van der Waals surface area contributed by atoms with Crippen molar-refractivity contribution in [2.75, 3.05) is 0 Å². The third kappa shape index (κ3) is 5.25. The van der Waals surface area contributed by atoms with Crippen LogP contribution in [0.5, 0.6) is 0 Å². The summed E-state index contributed by atoms with van der Waals surface area (Å²) in [6, 6.07) is 10.0. The third-order valence-electron chi connectivity index (χ3n) is 6.66. The second kappa shape index (κ2) is 9.12. The number of carbonyl (C=O) groups excluding carboxylic acids is 1. The summed E-state index contributed by atoms with van der Waals surface area (Å²) in [5.41, 5.74) is 1.07. The van der Waals surface area contributed by atoms with Gasteiger partial charge in [-0.05, 0) is 43.5 Å². The van der Waals surface area contributed by atoms with Gasteiger partial charge in [-0.1, -0.05) is 51.1 Å². The molecule has 1 atom stereocenters. The van der Waals surface area contributed by atoms with E-state index >= 15 is 0 Å². The molecule has 1 aromatic carbocycles. The maximum absolute atomic E-state index is 12.6. The highest BCUT2D eigenvalue weighted by atomic mass is 32.1. The molecular weight excluding hydrogens is 452 g/mol. The van der Waals surface area contributed by atoms with E-state index < -0.39 is 8.32 Å². The summed E-state index contributed by atoms with van der Waals surface area (Å²) in [5, 5.41) is 12.2. The van der Waals surface area contributed by atoms with Gasteiger partial charge in [-0.3, -0.25) is 4.79 Å². The zero-order valence-corrected chi connectivity index (χ0v) is 21.9. The fraction of sp³-hybridized carbons (Fsp3) is 0.500. The Hall–Kier alpha value is -2.36. The molecule has 1 N–H and O–H groups in total. The summed E-state index contributed by atoms with van der Waals surface area (Å²) < 4.78 is 12.3. The number of benzene rings is 1. The topological polar surface area (TPSA) is 90.1 Å². The van der Waals surface area contributed by atoms with Crippen LogP contribution in [0.1, 0.15) is 74.1 Å². The lowest BCUT2D eigenvalue weighted by Gasteiger charge is -2.37. The maximum atomic E-state index is 12.6. The number of hydrogen-bond acceptors (Lipinski definition) is 7. The molecule has 0 spiro atoms. The quantitative estimate of drug-likeness (QED) is 0.417. The van der Waals surface area contributed by atoms with E-state index in [1.165, 1.54) is 11.3 Å². The first kappa shape index (κ1) is 23.8. The van der Waals surface area contributed by atoms with E-state index in [9.17, 15) is 4.79 Å². The first-order chi connectivity index (χ1) is 15.5. The molecule has 1 fully saturated rings. The Morgan fingerprint density at radius 1 is 1.21 bits per heavy atom. The number of carbonyl (C=O) groups is 1. The van der Waals surface area contributed by atoms with Gasteiger partial charge in [0.15, 0.2) is 13.3 Å². The Morgan fingerprint density at radius 2 is 1.91 bits per heavy atom. The minimum absolute atomic E-state index is 0.0860. The summed E-state index contributed by atoms with van der Waals surface area (Å²) in [6.45, 7) is 13.0. The molecule has 2 heterocycles. The Balaban J connectivity index is 1.29. The number of thiazole rings is 1. The van der Waals surface area contributed by atoms with Crippen LogP contribution < -0.4 is 5.32 Å². The van der Waals surface area contributed by atoms with Gasteiger partial charge in [0.05, 0.1) is 4.88 Å². The fourth-order valence-corrected chi connectivity index (χ4v) is 5.71. The average molecular weight is 485 g/mol. The van der Waals surface area contributed by atoms with Gasteiger partial charge in [-0.2, -0.15) is 0 Å². The molecule has 0 aliphatic heterocycles. The van der Waals surface area contributed by atoms with E-state index in [2.05, 4.69) is 54.4 Å². The van der Waals surface area contributed by atoms with Crippen molar-refractivity contribution in [2.45, 2.75) is 76.7 Å². The molecule has 33 heavy (non-hydrogen) atoms. The number of amides is 1. The largest absolute Gasteiger partial charge is 0.422 e. The van der Waals surface area contributed by atoms with Gasteiger partial charge in [0.2, 0.25) is 11.8 Å². The molecule has 176 valence electrons. The smallest absolute Gasteiger partial charge is 0.280 e. The third-order valence-corrected chi connectivity index (χ3v) is 12.3. The van der Waals surface area contributed by atoms with Crippen molar-refractivity contribution in [2.24, 2.45) is 0 Å². The van der Waals surface area contributed by atoms with Gasteiger partial charge < -0.3 is 14.2 Å². The van der Waals surface area contributed by atoms with Gasteiger partial charge >= 0.3 is 0 Å². The number of nitrogens with zero attached hydrogens (tertiary/aromatic N) is 3. The second-order valence-corrected chi connectivity index (χ2v) is 16.0. The van der Waals surface area contributed by atoms with Gasteiger partial charge in [-0.25, -0.2) is 4.98 Å². The Bertz CT molecular complexity index is 1100. The number of rotatable bonds is 7. The molecule has 1 unspecified atom stereocenters. The zero-order chi connectivity index (χ0) is 23.8. The predicted molar refractivity (Wildman–Crippen MR) is 132 cm³/mol. The van der Waals surface area contributed by atoms with Gasteiger partial charge in [0.25, 0.3) is 5.91 Å². The van der Waals surface area contributed by atoms with Crippen molar-refractivity contribution in [1.82, 2.24) is 20.5 Å². The van der Waals surface area contributed by atoms with Crippen LogP contribution in [0.2, 0.25) is 18.1 Å². The van der Waals surface area contributed by atoms with E-state index in [4.69, 9.17) is 8.84 Å². The minimum Gasteiger partial charge on any atom is -0.422 e. The molecule has 0 saturated heterocycles. The summed E-state index contributed by atoms with van der Waals surface area (Å²) >= 11 is 1.41. The van der Waals surface area contributed by atoms with Crippen LogP contribution in [-0.2, 0) is 4.43 Å². The molecule has 4 rings (SSSR count). The first-order valence-electron chi connectivity index (χ1n) is 11.4. The average Bonchev–Trinajstić information content (AvgIpc) is 3.40. The molecule has 1 saturated carbocycles. The van der Waals surface area contributed by atoms with Crippen molar-refractivity contribution < 1.29 is 13.6 Å². The molecule has 2 aromatic heterocycles. The van der Waals surface area contributed by atoms with Crippen molar-refractivity contribution in [3.8, 4) is 10.4 Å². The van der Waals surface area contributed by atoms with E-state index in [0.717, 1.165) is 23.3 Å². The Morgan fingerprint density at radius 3 is 2.58 bits per heavy atom. The monoisotopic (exact) mass is 484 g/mol. The van der Waals surface area contributed by atoms with Crippen LogP contribution >= 0.6 is 11.3 Å². The molecule has 7 nitrogen and oxygen atoms in total. The summed E-state index contributed by atoms with van der Waals surface area (Å²) in [6.07, 6.45) is 3.08. The highest BCUT2D eigenvalue weighted by Crippen LogP contribution is 2.41. The molecular formula is C24H32N4O3SSi. The van der Waals surface area contributed by atoms with Gasteiger partial charge in [0.1, 0.15) is 6.10 Å². The lowest BCUT2D eigenvalue weighted by molar-refractivity contribution is 0.0901. The predicted octanol–water partition coefficient (Wildman–Crippen LogP) is 5.95.